The Bertz CT molecular complexity index is 1390. The number of primary amides is 1. The molecule has 162 valence electrons. The minimum atomic E-state index is -0.448. The molecule has 0 aliphatic heterocycles. The monoisotopic (exact) mass is 425 g/mol. The van der Waals surface area contributed by atoms with Gasteiger partial charge >= 0.3 is 0 Å². The standard InChI is InChI=1S/C25H21N3O2.C2H6/c1-15-23(16(2)30-27-15)18-12-20(25(26)29)24-19-10-6-7-11-21(19)28(22(24)13-18)14-17-8-4-3-5-9-17;1-2/h3-13H,14H2,1-2H3,(H2,26,29);1-2H3. The van der Waals surface area contributed by atoms with E-state index >= 15 is 0 Å². The van der Waals surface area contributed by atoms with Crippen molar-refractivity contribution in [1.29, 1.82) is 0 Å². The summed E-state index contributed by atoms with van der Waals surface area (Å²) < 4.78 is 7.62. The molecule has 2 heterocycles. The third-order valence-corrected chi connectivity index (χ3v) is 5.64. The normalized spacial score (nSPS) is 10.9. The van der Waals surface area contributed by atoms with Crippen LogP contribution < -0.4 is 5.73 Å². The van der Waals surface area contributed by atoms with Gasteiger partial charge in [-0.3, -0.25) is 4.79 Å². The molecular formula is C27H27N3O2. The number of aryl methyl sites for hydroxylation is 2. The molecule has 5 aromatic rings. The molecule has 0 saturated carbocycles. The van der Waals surface area contributed by atoms with Crippen LogP contribution in [0.15, 0.2) is 71.3 Å². The van der Waals surface area contributed by atoms with Crippen LogP contribution in [0.3, 0.4) is 0 Å². The van der Waals surface area contributed by atoms with Gasteiger partial charge in [0.05, 0.1) is 11.2 Å². The molecule has 0 fully saturated rings. The minimum absolute atomic E-state index is 0.448. The van der Waals surface area contributed by atoms with Crippen molar-refractivity contribution in [3.8, 4) is 11.1 Å². The van der Waals surface area contributed by atoms with Crippen molar-refractivity contribution in [2.75, 3.05) is 0 Å². The van der Waals surface area contributed by atoms with Gasteiger partial charge in [0.15, 0.2) is 0 Å². The maximum atomic E-state index is 12.5. The zero-order chi connectivity index (χ0) is 22.8. The van der Waals surface area contributed by atoms with Crippen LogP contribution in [0, 0.1) is 13.8 Å². The Labute approximate surface area is 187 Å². The van der Waals surface area contributed by atoms with E-state index in [0.29, 0.717) is 17.9 Å². The van der Waals surface area contributed by atoms with Gasteiger partial charge in [-0.05, 0) is 43.2 Å². The fourth-order valence-corrected chi connectivity index (χ4v) is 4.34. The first kappa shape index (κ1) is 21.4. The Morgan fingerprint density at radius 2 is 1.66 bits per heavy atom. The van der Waals surface area contributed by atoms with E-state index in [1.807, 2.05) is 70.2 Å². The van der Waals surface area contributed by atoms with E-state index in [1.165, 1.54) is 5.56 Å². The highest BCUT2D eigenvalue weighted by atomic mass is 16.5. The van der Waals surface area contributed by atoms with Crippen LogP contribution in [-0.2, 0) is 6.54 Å². The molecule has 5 nitrogen and oxygen atoms in total. The van der Waals surface area contributed by atoms with Gasteiger partial charge in [-0.2, -0.15) is 0 Å². The Morgan fingerprint density at radius 1 is 0.969 bits per heavy atom. The molecule has 1 amide bonds. The van der Waals surface area contributed by atoms with Crippen LogP contribution in [0.25, 0.3) is 32.9 Å². The number of hydrogen-bond donors (Lipinski definition) is 1. The largest absolute Gasteiger partial charge is 0.366 e. The van der Waals surface area contributed by atoms with Crippen molar-refractivity contribution in [2.24, 2.45) is 5.73 Å². The fourth-order valence-electron chi connectivity index (χ4n) is 4.34. The average Bonchev–Trinajstić information content (AvgIpc) is 3.32. The maximum absolute atomic E-state index is 12.5. The van der Waals surface area contributed by atoms with Crippen molar-refractivity contribution in [2.45, 2.75) is 34.2 Å². The summed E-state index contributed by atoms with van der Waals surface area (Å²) in [5, 5.41) is 5.98. The second-order valence-corrected chi connectivity index (χ2v) is 7.57. The summed E-state index contributed by atoms with van der Waals surface area (Å²) in [6.07, 6.45) is 0. The number of hydrogen-bond acceptors (Lipinski definition) is 3. The number of nitrogens with zero attached hydrogens (tertiary/aromatic N) is 2. The quantitative estimate of drug-likeness (QED) is 0.370. The SMILES string of the molecule is CC.Cc1noc(C)c1-c1cc(C(N)=O)c2c3ccccc3n(Cc3ccccc3)c2c1. The molecule has 0 bridgehead atoms. The smallest absolute Gasteiger partial charge is 0.249 e. The lowest BCUT2D eigenvalue weighted by atomic mass is 9.97. The number of benzene rings is 3. The first-order valence-corrected chi connectivity index (χ1v) is 10.9. The van der Waals surface area contributed by atoms with Crippen LogP contribution in [0.1, 0.15) is 41.2 Å². The predicted molar refractivity (Wildman–Crippen MR) is 130 cm³/mol. The van der Waals surface area contributed by atoms with E-state index in [0.717, 1.165) is 38.6 Å². The molecule has 0 aliphatic rings. The summed E-state index contributed by atoms with van der Waals surface area (Å²) in [5.41, 5.74) is 12.1. The van der Waals surface area contributed by atoms with Crippen LogP contribution in [-0.4, -0.2) is 15.6 Å². The molecule has 0 spiro atoms. The lowest BCUT2D eigenvalue weighted by Gasteiger charge is -2.10. The Kier molecular flexibility index (Phi) is 5.82. The summed E-state index contributed by atoms with van der Waals surface area (Å²) in [4.78, 5) is 12.5. The maximum Gasteiger partial charge on any atom is 0.249 e. The van der Waals surface area contributed by atoms with Gasteiger partial charge < -0.3 is 14.8 Å². The van der Waals surface area contributed by atoms with E-state index in [1.54, 1.807) is 0 Å². The van der Waals surface area contributed by atoms with Gasteiger partial charge in [-0.25, -0.2) is 0 Å². The molecular weight excluding hydrogens is 398 g/mol. The number of para-hydroxylation sites is 1. The number of amides is 1. The van der Waals surface area contributed by atoms with Crippen LogP contribution in [0.5, 0.6) is 0 Å². The minimum Gasteiger partial charge on any atom is -0.366 e. The fraction of sp³-hybridized carbons (Fsp3) is 0.185. The Hall–Kier alpha value is -3.86. The van der Waals surface area contributed by atoms with Crippen molar-refractivity contribution in [3.05, 3.63) is 89.3 Å². The lowest BCUT2D eigenvalue weighted by Crippen LogP contribution is -2.12. The van der Waals surface area contributed by atoms with E-state index in [-0.39, 0.29) is 0 Å². The number of nitrogens with two attached hydrogens (primary N) is 1. The molecule has 0 atom stereocenters. The predicted octanol–water partition coefficient (Wildman–Crippen LogP) is 6.24. The number of carbonyl (C=O) groups excluding carboxylic acids is 1. The number of carbonyl (C=O) groups is 1. The number of rotatable bonds is 4. The van der Waals surface area contributed by atoms with Crippen molar-refractivity contribution in [1.82, 2.24) is 9.72 Å². The summed E-state index contributed by atoms with van der Waals surface area (Å²) in [5.74, 6) is 0.268. The van der Waals surface area contributed by atoms with Crippen molar-refractivity contribution in [3.63, 3.8) is 0 Å². The highest BCUT2D eigenvalue weighted by molar-refractivity contribution is 6.19. The molecule has 5 rings (SSSR count). The van der Waals surface area contributed by atoms with E-state index in [4.69, 9.17) is 10.3 Å². The molecule has 0 aliphatic carbocycles. The molecule has 3 aromatic carbocycles. The molecule has 0 unspecified atom stereocenters. The molecule has 0 radical (unpaired) electrons. The molecule has 2 aromatic heterocycles. The topological polar surface area (TPSA) is 74.1 Å². The van der Waals surface area contributed by atoms with Gasteiger partial charge in [0, 0.05) is 34.0 Å². The molecule has 5 heteroatoms. The molecule has 0 saturated heterocycles. The lowest BCUT2D eigenvalue weighted by molar-refractivity contribution is 0.100. The van der Waals surface area contributed by atoms with E-state index < -0.39 is 5.91 Å². The average molecular weight is 426 g/mol. The molecule has 2 N–H and O–H groups in total. The van der Waals surface area contributed by atoms with E-state index in [9.17, 15) is 4.79 Å². The summed E-state index contributed by atoms with van der Waals surface area (Å²) in [6.45, 7) is 8.47. The van der Waals surface area contributed by atoms with Gasteiger partial charge in [0.25, 0.3) is 0 Å². The first-order chi connectivity index (χ1) is 15.5. The summed E-state index contributed by atoms with van der Waals surface area (Å²) in [6, 6.07) is 22.4. The van der Waals surface area contributed by atoms with Gasteiger partial charge in [0.1, 0.15) is 5.76 Å². The molecule has 32 heavy (non-hydrogen) atoms. The Morgan fingerprint density at radius 3 is 2.31 bits per heavy atom. The van der Waals surface area contributed by atoms with Crippen LogP contribution >= 0.6 is 0 Å². The first-order valence-electron chi connectivity index (χ1n) is 10.9. The zero-order valence-corrected chi connectivity index (χ0v) is 18.8. The van der Waals surface area contributed by atoms with Crippen LogP contribution in [0.4, 0.5) is 0 Å². The zero-order valence-electron chi connectivity index (χ0n) is 18.8. The second-order valence-electron chi connectivity index (χ2n) is 7.57. The van der Waals surface area contributed by atoms with Gasteiger partial charge in [0.2, 0.25) is 5.91 Å². The Balaban J connectivity index is 0.00000119. The number of aromatic nitrogens is 2. The van der Waals surface area contributed by atoms with Gasteiger partial charge in [-0.1, -0.05) is 67.5 Å². The number of fused-ring (bicyclic) bond motifs is 3. The second kappa shape index (κ2) is 8.71. The van der Waals surface area contributed by atoms with Crippen molar-refractivity contribution < 1.29 is 9.32 Å². The van der Waals surface area contributed by atoms with Gasteiger partial charge in [-0.15, -0.1) is 0 Å². The van der Waals surface area contributed by atoms with Crippen molar-refractivity contribution >= 4 is 27.7 Å². The highest BCUT2D eigenvalue weighted by Crippen LogP contribution is 2.37. The van der Waals surface area contributed by atoms with Crippen LogP contribution in [0.2, 0.25) is 0 Å². The summed E-state index contributed by atoms with van der Waals surface area (Å²) >= 11 is 0. The highest BCUT2D eigenvalue weighted by Gasteiger charge is 2.21. The third kappa shape index (κ3) is 3.56. The summed E-state index contributed by atoms with van der Waals surface area (Å²) in [7, 11) is 0. The van der Waals surface area contributed by atoms with E-state index in [2.05, 4.69) is 34.0 Å². The third-order valence-electron chi connectivity index (χ3n) is 5.64.